The first-order valence-corrected chi connectivity index (χ1v) is 11.9. The fraction of sp³-hybridized carbons (Fsp3) is 0.400. The normalized spacial score (nSPS) is 16.3. The zero-order valence-electron chi connectivity index (χ0n) is 17.7. The van der Waals surface area contributed by atoms with Crippen molar-refractivity contribution in [1.82, 2.24) is 10.3 Å². The number of unbranched alkanes of at least 4 members (excludes halogenated alkanes) is 2. The van der Waals surface area contributed by atoms with Gasteiger partial charge in [-0.15, -0.1) is 11.3 Å². The average molecular weight is 427 g/mol. The second-order valence-electron chi connectivity index (χ2n) is 7.67. The van der Waals surface area contributed by atoms with Crippen molar-refractivity contribution in [1.29, 1.82) is 0 Å². The molecule has 0 aliphatic heterocycles. The summed E-state index contributed by atoms with van der Waals surface area (Å²) < 4.78 is 0. The predicted octanol–water partition coefficient (Wildman–Crippen LogP) is 7.89. The first kappa shape index (κ1) is 21.9. The fourth-order valence-corrected chi connectivity index (χ4v) is 4.97. The van der Waals surface area contributed by atoms with Crippen LogP contribution in [-0.4, -0.2) is 11.5 Å². The minimum Gasteiger partial charge on any atom is -0.385 e. The highest BCUT2D eigenvalue weighted by atomic mass is 35.5. The number of nitrogens with one attached hydrogen (secondary N) is 1. The van der Waals surface area contributed by atoms with Gasteiger partial charge in [0.05, 0.1) is 10.7 Å². The summed E-state index contributed by atoms with van der Waals surface area (Å²) in [5, 5.41) is 7.41. The third-order valence-corrected chi connectivity index (χ3v) is 6.77. The van der Waals surface area contributed by atoms with Crippen LogP contribution in [0, 0.1) is 5.92 Å². The van der Waals surface area contributed by atoms with E-state index < -0.39 is 0 Å². The molecule has 1 N–H and O–H groups in total. The number of aromatic nitrogens is 1. The molecule has 3 rings (SSSR count). The van der Waals surface area contributed by atoms with Crippen molar-refractivity contribution in [3.05, 3.63) is 69.9 Å². The Kier molecular flexibility index (Phi) is 7.74. The van der Waals surface area contributed by atoms with Crippen molar-refractivity contribution in [2.45, 2.75) is 52.9 Å². The summed E-state index contributed by atoms with van der Waals surface area (Å²) in [5.41, 5.74) is 7.10. The van der Waals surface area contributed by atoms with Gasteiger partial charge in [-0.25, -0.2) is 4.98 Å². The largest absolute Gasteiger partial charge is 0.385 e. The summed E-state index contributed by atoms with van der Waals surface area (Å²) >= 11 is 8.06. The van der Waals surface area contributed by atoms with Gasteiger partial charge in [0.15, 0.2) is 0 Å². The van der Waals surface area contributed by atoms with Gasteiger partial charge in [-0.3, -0.25) is 0 Å². The molecule has 1 aliphatic rings. The number of hydrogen-bond donors (Lipinski definition) is 1. The Morgan fingerprint density at radius 3 is 2.69 bits per heavy atom. The number of rotatable bonds is 10. The lowest BCUT2D eigenvalue weighted by molar-refractivity contribution is 0.631. The van der Waals surface area contributed by atoms with E-state index in [0.717, 1.165) is 46.4 Å². The van der Waals surface area contributed by atoms with Crippen LogP contribution in [0.5, 0.6) is 0 Å². The van der Waals surface area contributed by atoms with Crippen molar-refractivity contribution in [2.75, 3.05) is 6.54 Å². The Hall–Kier alpha value is -1.84. The van der Waals surface area contributed by atoms with E-state index in [-0.39, 0.29) is 0 Å². The van der Waals surface area contributed by atoms with E-state index >= 15 is 0 Å². The number of hydrogen-bond acceptors (Lipinski definition) is 3. The smallest absolute Gasteiger partial charge is 0.125 e. The van der Waals surface area contributed by atoms with E-state index in [1.54, 1.807) is 11.3 Å². The second-order valence-corrected chi connectivity index (χ2v) is 8.93. The summed E-state index contributed by atoms with van der Waals surface area (Å²) in [4.78, 5) is 4.97. The molecule has 29 heavy (non-hydrogen) atoms. The van der Waals surface area contributed by atoms with Gasteiger partial charge in [-0.1, -0.05) is 75.1 Å². The molecule has 1 aliphatic carbocycles. The molecule has 4 heteroatoms. The van der Waals surface area contributed by atoms with Gasteiger partial charge in [0.2, 0.25) is 0 Å². The third kappa shape index (κ3) is 5.02. The highest BCUT2D eigenvalue weighted by Gasteiger charge is 2.28. The van der Waals surface area contributed by atoms with E-state index in [1.807, 2.05) is 24.3 Å². The molecule has 0 bridgehead atoms. The molecular formula is C25H31ClN2S. The van der Waals surface area contributed by atoms with Gasteiger partial charge in [0.25, 0.3) is 0 Å². The molecule has 1 unspecified atom stereocenters. The standard InChI is InChI=1S/C25H31ClN2S/c1-5-7-11-19-17(3)21(18(4)27-14-8-6-2)15-22(19)24-16-29-25(28-24)20-12-9-10-13-23(20)26/h9-10,12-13,15-16,19,27H,4-8,11,14H2,1-3H3. The van der Waals surface area contributed by atoms with Crippen LogP contribution in [0.4, 0.5) is 0 Å². The highest BCUT2D eigenvalue weighted by Crippen LogP contribution is 2.43. The minimum absolute atomic E-state index is 0.413. The lowest BCUT2D eigenvalue weighted by atomic mass is 9.89. The van der Waals surface area contributed by atoms with E-state index in [1.165, 1.54) is 36.0 Å². The topological polar surface area (TPSA) is 24.9 Å². The van der Waals surface area contributed by atoms with Crippen LogP contribution in [0.2, 0.25) is 5.02 Å². The van der Waals surface area contributed by atoms with Gasteiger partial charge >= 0.3 is 0 Å². The molecule has 0 fully saturated rings. The molecule has 154 valence electrons. The monoisotopic (exact) mass is 426 g/mol. The van der Waals surface area contributed by atoms with Crippen molar-refractivity contribution in [3.8, 4) is 10.6 Å². The van der Waals surface area contributed by atoms with Crippen LogP contribution in [0.1, 0.15) is 58.6 Å². The summed E-state index contributed by atoms with van der Waals surface area (Å²) in [6.07, 6.45) is 8.21. The molecule has 2 aromatic rings. The molecule has 0 spiro atoms. The maximum atomic E-state index is 6.40. The van der Waals surface area contributed by atoms with Gasteiger partial charge in [-0.2, -0.15) is 0 Å². The minimum atomic E-state index is 0.413. The Morgan fingerprint density at radius 1 is 1.21 bits per heavy atom. The summed E-state index contributed by atoms with van der Waals surface area (Å²) in [6.45, 7) is 12.0. The molecule has 1 atom stereocenters. The van der Waals surface area contributed by atoms with Crippen LogP contribution in [0.3, 0.4) is 0 Å². The average Bonchev–Trinajstić information content (AvgIpc) is 3.32. The molecule has 1 heterocycles. The summed E-state index contributed by atoms with van der Waals surface area (Å²) in [7, 11) is 0. The molecule has 0 radical (unpaired) electrons. The highest BCUT2D eigenvalue weighted by molar-refractivity contribution is 7.13. The molecule has 1 aromatic heterocycles. The molecule has 2 nitrogen and oxygen atoms in total. The molecule has 0 amide bonds. The summed E-state index contributed by atoms with van der Waals surface area (Å²) in [5.74, 6) is 0.413. The zero-order chi connectivity index (χ0) is 20.8. The lowest BCUT2D eigenvalue weighted by Crippen LogP contribution is -2.15. The van der Waals surface area contributed by atoms with Crippen LogP contribution < -0.4 is 5.32 Å². The number of nitrogens with zero attached hydrogens (tertiary/aromatic N) is 1. The SMILES string of the molecule is C=C(NCCCC)C1=C(C)C(CCCC)C(c2csc(-c3ccccc3Cl)n2)=C1. The Labute approximate surface area is 184 Å². The predicted molar refractivity (Wildman–Crippen MR) is 128 cm³/mol. The maximum absolute atomic E-state index is 6.40. The van der Waals surface area contributed by atoms with Crippen molar-refractivity contribution in [2.24, 2.45) is 5.92 Å². The van der Waals surface area contributed by atoms with Crippen LogP contribution in [0.15, 0.2) is 59.1 Å². The Bertz CT molecular complexity index is 922. The number of halogens is 1. The van der Waals surface area contributed by atoms with Crippen LogP contribution in [0.25, 0.3) is 16.1 Å². The maximum Gasteiger partial charge on any atom is 0.125 e. The quantitative estimate of drug-likeness (QED) is 0.390. The molecule has 0 saturated carbocycles. The molecular weight excluding hydrogens is 396 g/mol. The number of allylic oxidation sites excluding steroid dienone is 3. The number of benzene rings is 1. The van der Waals surface area contributed by atoms with Crippen molar-refractivity contribution < 1.29 is 0 Å². The van der Waals surface area contributed by atoms with Crippen LogP contribution >= 0.6 is 22.9 Å². The van der Waals surface area contributed by atoms with E-state index in [9.17, 15) is 0 Å². The van der Waals surface area contributed by atoms with E-state index in [2.05, 4.69) is 44.1 Å². The second kappa shape index (κ2) is 10.3. The zero-order valence-corrected chi connectivity index (χ0v) is 19.3. The van der Waals surface area contributed by atoms with E-state index in [4.69, 9.17) is 16.6 Å². The first-order chi connectivity index (χ1) is 14.1. The van der Waals surface area contributed by atoms with Gasteiger partial charge < -0.3 is 5.32 Å². The van der Waals surface area contributed by atoms with Gasteiger partial charge in [0, 0.05) is 29.1 Å². The first-order valence-electron chi connectivity index (χ1n) is 10.6. The Balaban J connectivity index is 1.89. The van der Waals surface area contributed by atoms with E-state index in [0.29, 0.717) is 5.92 Å². The third-order valence-electron chi connectivity index (χ3n) is 5.57. The van der Waals surface area contributed by atoms with Crippen LogP contribution in [-0.2, 0) is 0 Å². The number of thiazole rings is 1. The molecule has 1 aromatic carbocycles. The Morgan fingerprint density at radius 2 is 1.97 bits per heavy atom. The lowest BCUT2D eigenvalue weighted by Gasteiger charge is -2.16. The summed E-state index contributed by atoms with van der Waals surface area (Å²) in [6, 6.07) is 7.93. The molecule has 0 saturated heterocycles. The van der Waals surface area contributed by atoms with Crippen molar-refractivity contribution in [3.63, 3.8) is 0 Å². The van der Waals surface area contributed by atoms with Gasteiger partial charge in [0.1, 0.15) is 5.01 Å². The van der Waals surface area contributed by atoms with Crippen molar-refractivity contribution >= 4 is 28.5 Å². The van der Waals surface area contributed by atoms with Gasteiger partial charge in [-0.05, 0) is 43.1 Å². The fourth-order valence-electron chi connectivity index (χ4n) is 3.82.